The van der Waals surface area contributed by atoms with Crippen LogP contribution in [0.15, 0.2) is 48.5 Å². The number of benzene rings is 2. The number of rotatable bonds is 7. The smallest absolute Gasteiger partial charge is 0.262 e. The van der Waals surface area contributed by atoms with Crippen molar-refractivity contribution in [2.75, 3.05) is 20.8 Å². The molecule has 0 aromatic heterocycles. The number of methoxy groups -OCH3 is 2. The van der Waals surface area contributed by atoms with Gasteiger partial charge in [-0.25, -0.2) is 4.39 Å². The predicted octanol–water partition coefficient (Wildman–Crippen LogP) is 2.59. The van der Waals surface area contributed by atoms with Crippen LogP contribution in [0.1, 0.15) is 11.1 Å². The molecule has 0 atom stereocenters. The maximum atomic E-state index is 13.1. The maximum absolute atomic E-state index is 13.1. The Balaban J connectivity index is 1.72. The number of nitrogens with one attached hydrogen (secondary N) is 3. The van der Waals surface area contributed by atoms with Gasteiger partial charge in [-0.15, -0.1) is 0 Å². The second-order valence-corrected chi connectivity index (χ2v) is 6.11. The molecule has 0 radical (unpaired) electrons. The van der Waals surface area contributed by atoms with E-state index in [1.54, 1.807) is 26.4 Å². The number of thiocarbonyl (C=S) groups is 1. The van der Waals surface area contributed by atoms with Crippen LogP contribution in [0.3, 0.4) is 0 Å². The zero-order valence-corrected chi connectivity index (χ0v) is 16.4. The normalized spacial score (nSPS) is 10.4. The van der Waals surface area contributed by atoms with E-state index in [1.165, 1.54) is 24.3 Å². The quantitative estimate of drug-likeness (QED) is 0.375. The Bertz CT molecular complexity index is 858. The molecule has 2 rings (SSSR count). The highest BCUT2D eigenvalue weighted by Gasteiger charge is 2.05. The largest absolute Gasteiger partial charge is 0.493 e. The van der Waals surface area contributed by atoms with Crippen molar-refractivity contribution in [1.82, 2.24) is 16.2 Å². The number of hydrazine groups is 1. The van der Waals surface area contributed by atoms with Crippen LogP contribution in [0, 0.1) is 5.82 Å². The van der Waals surface area contributed by atoms with Crippen molar-refractivity contribution in [1.29, 1.82) is 0 Å². The maximum Gasteiger partial charge on any atom is 0.262 e. The number of ether oxygens (including phenoxy) is 2. The molecule has 8 heteroatoms. The van der Waals surface area contributed by atoms with E-state index in [0.717, 1.165) is 5.56 Å². The Labute approximate surface area is 168 Å². The fourth-order valence-corrected chi connectivity index (χ4v) is 2.50. The van der Waals surface area contributed by atoms with Gasteiger partial charge in [-0.2, -0.15) is 0 Å². The topological polar surface area (TPSA) is 71.6 Å². The summed E-state index contributed by atoms with van der Waals surface area (Å²) in [5.74, 6) is 0.567. The van der Waals surface area contributed by atoms with Gasteiger partial charge >= 0.3 is 0 Å². The van der Waals surface area contributed by atoms with E-state index in [0.29, 0.717) is 30.0 Å². The molecule has 0 bridgehead atoms. The second kappa shape index (κ2) is 10.9. The summed E-state index contributed by atoms with van der Waals surface area (Å²) < 4.78 is 23.6. The third-order valence-electron chi connectivity index (χ3n) is 3.72. The van der Waals surface area contributed by atoms with E-state index >= 15 is 0 Å². The minimum absolute atomic E-state index is 0.285. The van der Waals surface area contributed by atoms with Crippen molar-refractivity contribution in [3.63, 3.8) is 0 Å². The average molecular weight is 403 g/mol. The Hall–Kier alpha value is -3.13. The van der Waals surface area contributed by atoms with Crippen LogP contribution in [-0.2, 0) is 11.2 Å². The molecule has 2 aromatic carbocycles. The zero-order chi connectivity index (χ0) is 20.4. The van der Waals surface area contributed by atoms with Crippen LogP contribution in [0.5, 0.6) is 11.5 Å². The molecular weight excluding hydrogens is 381 g/mol. The number of amides is 1. The number of carbonyl (C=O) groups is 1. The average Bonchev–Trinajstić information content (AvgIpc) is 2.70. The molecule has 2 aromatic rings. The highest BCUT2D eigenvalue weighted by atomic mass is 32.1. The molecule has 0 aliphatic carbocycles. The Morgan fingerprint density at radius 3 is 2.61 bits per heavy atom. The molecule has 0 unspecified atom stereocenters. The van der Waals surface area contributed by atoms with Crippen LogP contribution in [0.4, 0.5) is 4.39 Å². The summed E-state index contributed by atoms with van der Waals surface area (Å²) in [6.45, 7) is 0.566. The van der Waals surface area contributed by atoms with Crippen LogP contribution < -0.4 is 25.6 Å². The van der Waals surface area contributed by atoms with E-state index in [2.05, 4.69) is 16.2 Å². The molecular formula is C20H22FN3O3S. The molecule has 148 valence electrons. The fraction of sp³-hybridized carbons (Fsp3) is 0.200. The van der Waals surface area contributed by atoms with E-state index in [4.69, 9.17) is 21.7 Å². The van der Waals surface area contributed by atoms with Gasteiger partial charge in [-0.3, -0.25) is 15.6 Å². The first-order chi connectivity index (χ1) is 13.5. The summed E-state index contributed by atoms with van der Waals surface area (Å²) in [6, 6.07) is 11.6. The summed E-state index contributed by atoms with van der Waals surface area (Å²) in [5.41, 5.74) is 6.69. The summed E-state index contributed by atoms with van der Waals surface area (Å²) in [4.78, 5) is 11.8. The summed E-state index contributed by atoms with van der Waals surface area (Å²) in [7, 11) is 3.18. The van der Waals surface area contributed by atoms with Gasteiger partial charge in [0.1, 0.15) is 5.82 Å². The lowest BCUT2D eigenvalue weighted by Gasteiger charge is -2.12. The van der Waals surface area contributed by atoms with Crippen molar-refractivity contribution in [3.05, 3.63) is 65.5 Å². The van der Waals surface area contributed by atoms with E-state index < -0.39 is 5.91 Å². The molecule has 0 fully saturated rings. The molecule has 1 amide bonds. The van der Waals surface area contributed by atoms with Crippen LogP contribution in [0.2, 0.25) is 0 Å². The number of hydrogen-bond acceptors (Lipinski definition) is 4. The van der Waals surface area contributed by atoms with E-state index in [1.807, 2.05) is 18.2 Å². The predicted molar refractivity (Wildman–Crippen MR) is 111 cm³/mol. The van der Waals surface area contributed by atoms with Crippen molar-refractivity contribution in [2.24, 2.45) is 0 Å². The first-order valence-electron chi connectivity index (χ1n) is 8.50. The Morgan fingerprint density at radius 2 is 1.89 bits per heavy atom. The van der Waals surface area contributed by atoms with Crippen LogP contribution >= 0.6 is 12.2 Å². The standard InChI is InChI=1S/C20H22FN3O3S/c1-26-17-8-6-15(13-18(17)27-2)10-11-22-20(28)24-23-19(25)9-7-14-4-3-5-16(21)12-14/h3-9,12-13H,10-11H2,1-2H3,(H,23,25)(H2,22,24,28)/b9-7+. The number of hydrogen-bond donors (Lipinski definition) is 3. The van der Waals surface area contributed by atoms with E-state index in [9.17, 15) is 9.18 Å². The first-order valence-corrected chi connectivity index (χ1v) is 8.91. The van der Waals surface area contributed by atoms with Gasteiger partial charge in [0.15, 0.2) is 16.6 Å². The van der Waals surface area contributed by atoms with Crippen LogP contribution in [0.25, 0.3) is 6.08 Å². The lowest BCUT2D eigenvalue weighted by Crippen LogP contribution is -2.46. The Kier molecular flexibility index (Phi) is 8.23. The summed E-state index contributed by atoms with van der Waals surface area (Å²) in [5, 5.41) is 3.28. The fourth-order valence-electron chi connectivity index (χ4n) is 2.34. The lowest BCUT2D eigenvalue weighted by atomic mass is 10.1. The van der Waals surface area contributed by atoms with Gasteiger partial charge in [0.05, 0.1) is 14.2 Å². The SMILES string of the molecule is COc1ccc(CCNC(=S)NNC(=O)/C=C/c2cccc(F)c2)cc1OC. The minimum atomic E-state index is -0.409. The summed E-state index contributed by atoms with van der Waals surface area (Å²) >= 11 is 5.12. The summed E-state index contributed by atoms with van der Waals surface area (Å²) in [6.07, 6.45) is 3.50. The van der Waals surface area contributed by atoms with Crippen molar-refractivity contribution in [2.45, 2.75) is 6.42 Å². The second-order valence-electron chi connectivity index (χ2n) is 5.70. The molecule has 3 N–H and O–H groups in total. The Morgan fingerprint density at radius 1 is 1.11 bits per heavy atom. The molecule has 6 nitrogen and oxygen atoms in total. The third-order valence-corrected chi connectivity index (χ3v) is 3.97. The van der Waals surface area contributed by atoms with Gasteiger partial charge in [0.2, 0.25) is 0 Å². The highest BCUT2D eigenvalue weighted by molar-refractivity contribution is 7.80. The van der Waals surface area contributed by atoms with Crippen molar-refractivity contribution >= 4 is 29.3 Å². The van der Waals surface area contributed by atoms with Gasteiger partial charge in [0.25, 0.3) is 5.91 Å². The molecule has 0 heterocycles. The third kappa shape index (κ3) is 6.88. The monoisotopic (exact) mass is 403 g/mol. The molecule has 0 aliphatic heterocycles. The zero-order valence-electron chi connectivity index (χ0n) is 15.6. The molecule has 0 saturated heterocycles. The molecule has 0 aliphatic rings. The van der Waals surface area contributed by atoms with Gasteiger partial charge in [-0.1, -0.05) is 18.2 Å². The molecule has 0 spiro atoms. The number of halogens is 1. The van der Waals surface area contributed by atoms with E-state index in [-0.39, 0.29) is 10.9 Å². The first kappa shape index (κ1) is 21.2. The van der Waals surface area contributed by atoms with Crippen molar-refractivity contribution in [3.8, 4) is 11.5 Å². The molecule has 0 saturated carbocycles. The van der Waals surface area contributed by atoms with Gasteiger partial charge < -0.3 is 14.8 Å². The van der Waals surface area contributed by atoms with Gasteiger partial charge in [0, 0.05) is 12.6 Å². The highest BCUT2D eigenvalue weighted by Crippen LogP contribution is 2.27. The molecule has 28 heavy (non-hydrogen) atoms. The van der Waals surface area contributed by atoms with Crippen LogP contribution in [-0.4, -0.2) is 31.8 Å². The minimum Gasteiger partial charge on any atom is -0.493 e. The lowest BCUT2D eigenvalue weighted by molar-refractivity contribution is -0.116. The van der Waals surface area contributed by atoms with Crippen molar-refractivity contribution < 1.29 is 18.7 Å². The number of carbonyl (C=O) groups excluding carboxylic acids is 1. The van der Waals surface area contributed by atoms with Gasteiger partial charge in [-0.05, 0) is 60.1 Å².